The average Bonchev–Trinajstić information content (AvgIpc) is 2.35. The molecule has 64 valence electrons. The lowest BCUT2D eigenvalue weighted by Gasteiger charge is -1.85. The van der Waals surface area contributed by atoms with Gasteiger partial charge in [-0.25, -0.2) is 4.79 Å². The second kappa shape index (κ2) is 3.61. The summed E-state index contributed by atoms with van der Waals surface area (Å²) in [4.78, 5) is 14.6. The molecule has 0 spiro atoms. The van der Waals surface area contributed by atoms with Crippen LogP contribution in [0, 0.1) is 0 Å². The van der Waals surface area contributed by atoms with Crippen LogP contribution in [0.15, 0.2) is 11.4 Å². The summed E-state index contributed by atoms with van der Waals surface area (Å²) in [6.07, 6.45) is 2.96. The minimum absolute atomic E-state index is 0.463. The molecule has 0 saturated heterocycles. The van der Waals surface area contributed by atoms with Crippen LogP contribution < -0.4 is 0 Å². The van der Waals surface area contributed by atoms with E-state index in [2.05, 4.69) is 20.3 Å². The van der Waals surface area contributed by atoms with Gasteiger partial charge >= 0.3 is 5.97 Å². The van der Waals surface area contributed by atoms with Crippen LogP contribution in [0.4, 0.5) is 0 Å². The second-order valence-electron chi connectivity index (χ2n) is 2.13. The molecule has 0 N–H and O–H groups in total. The Hall–Kier alpha value is -1.72. The van der Waals surface area contributed by atoms with Gasteiger partial charge in [0.2, 0.25) is 0 Å². The summed E-state index contributed by atoms with van der Waals surface area (Å²) in [6.45, 7) is 1.27. The molecule has 12 heavy (non-hydrogen) atoms. The number of carbonyl (C=O) groups excluding carboxylic acids is 1. The Balaban J connectivity index is 2.52. The van der Waals surface area contributed by atoms with Crippen LogP contribution in [-0.4, -0.2) is 27.2 Å². The molecule has 0 bridgehead atoms. The Bertz CT molecular complexity index is 304. The highest BCUT2D eigenvalue weighted by Crippen LogP contribution is 1.86. The molecule has 1 heterocycles. The summed E-state index contributed by atoms with van der Waals surface area (Å²) < 4.78 is 1.52. The third-order valence-corrected chi connectivity index (χ3v) is 0.987. The van der Waals surface area contributed by atoms with Gasteiger partial charge in [-0.15, -0.1) is 5.10 Å². The maximum atomic E-state index is 10.3. The number of aryl methyl sites for hydroxylation is 1. The zero-order valence-electron chi connectivity index (χ0n) is 6.76. The van der Waals surface area contributed by atoms with E-state index < -0.39 is 5.97 Å². The molecule has 1 aromatic heterocycles. The fraction of sp³-hybridized carbons (Fsp3) is 0.333. The maximum Gasteiger partial charge on any atom is 0.331 e. The molecule has 0 unspecified atom stereocenters. The van der Waals surface area contributed by atoms with Gasteiger partial charge in [-0.1, -0.05) is 10.4 Å². The topological polar surface area (TPSA) is 69.4 Å². The Morgan fingerprint density at radius 3 is 3.08 bits per heavy atom. The van der Waals surface area contributed by atoms with Crippen molar-refractivity contribution in [2.75, 3.05) is 0 Å². The lowest BCUT2D eigenvalue weighted by Crippen LogP contribution is -1.91. The predicted molar refractivity (Wildman–Crippen MR) is 40.4 cm³/mol. The maximum absolute atomic E-state index is 10.3. The lowest BCUT2D eigenvalue weighted by molar-refractivity contribution is -0.140. The number of oxime groups is 1. The Kier molecular flexibility index (Phi) is 2.52. The van der Waals surface area contributed by atoms with E-state index in [1.807, 2.05) is 0 Å². The van der Waals surface area contributed by atoms with Crippen molar-refractivity contribution in [1.82, 2.24) is 15.0 Å². The molecule has 1 rings (SSSR count). The number of aromatic nitrogens is 3. The molecule has 0 aliphatic carbocycles. The van der Waals surface area contributed by atoms with Gasteiger partial charge in [0.25, 0.3) is 0 Å². The molecule has 0 amide bonds. The molecule has 0 radical (unpaired) electrons. The molecule has 0 aromatic carbocycles. The lowest BCUT2D eigenvalue weighted by atomic mass is 10.5. The zero-order chi connectivity index (χ0) is 8.97. The highest BCUT2D eigenvalue weighted by atomic mass is 16.7. The number of rotatable bonds is 2. The third-order valence-electron chi connectivity index (χ3n) is 0.987. The van der Waals surface area contributed by atoms with Crippen molar-refractivity contribution in [3.05, 3.63) is 11.9 Å². The number of carbonyl (C=O) groups is 1. The Labute approximate surface area is 68.8 Å². The van der Waals surface area contributed by atoms with Crippen LogP contribution >= 0.6 is 0 Å². The van der Waals surface area contributed by atoms with Crippen LogP contribution in [0.25, 0.3) is 0 Å². The summed E-state index contributed by atoms with van der Waals surface area (Å²) in [5, 5.41) is 10.7. The molecular formula is C6H8N4O2. The smallest absolute Gasteiger partial charge is 0.319 e. The van der Waals surface area contributed by atoms with Crippen molar-refractivity contribution in [2.45, 2.75) is 6.92 Å². The highest BCUT2D eigenvalue weighted by Gasteiger charge is 1.93. The summed E-state index contributed by atoms with van der Waals surface area (Å²) in [5.41, 5.74) is 0.541. The molecule has 0 fully saturated rings. The quantitative estimate of drug-likeness (QED) is 0.345. The molecule has 0 saturated carbocycles. The fourth-order valence-corrected chi connectivity index (χ4v) is 0.579. The van der Waals surface area contributed by atoms with E-state index in [0.29, 0.717) is 5.69 Å². The molecular weight excluding hydrogens is 160 g/mol. The van der Waals surface area contributed by atoms with Gasteiger partial charge in [-0.05, 0) is 0 Å². The molecule has 6 heteroatoms. The van der Waals surface area contributed by atoms with Gasteiger partial charge < -0.3 is 4.84 Å². The summed E-state index contributed by atoms with van der Waals surface area (Å²) in [5.74, 6) is -0.463. The SMILES string of the molecule is CC(=O)ON=Cc1cn(C)nn1. The third kappa shape index (κ3) is 2.49. The summed E-state index contributed by atoms with van der Waals surface area (Å²) in [7, 11) is 1.73. The van der Waals surface area contributed by atoms with E-state index in [9.17, 15) is 4.79 Å². The van der Waals surface area contributed by atoms with Gasteiger partial charge in [0.15, 0.2) is 0 Å². The van der Waals surface area contributed by atoms with E-state index in [4.69, 9.17) is 0 Å². The van der Waals surface area contributed by atoms with Crippen LogP contribution in [0.3, 0.4) is 0 Å². The zero-order valence-corrected chi connectivity index (χ0v) is 6.76. The van der Waals surface area contributed by atoms with Gasteiger partial charge in [0.1, 0.15) is 5.69 Å². The molecule has 1 aromatic rings. The molecule has 0 aliphatic heterocycles. The van der Waals surface area contributed by atoms with E-state index >= 15 is 0 Å². The van der Waals surface area contributed by atoms with Crippen molar-refractivity contribution in [3.63, 3.8) is 0 Å². The van der Waals surface area contributed by atoms with E-state index in [1.165, 1.54) is 17.8 Å². The minimum atomic E-state index is -0.463. The van der Waals surface area contributed by atoms with Crippen LogP contribution in [-0.2, 0) is 16.7 Å². The normalized spacial score (nSPS) is 10.5. The van der Waals surface area contributed by atoms with E-state index in [0.717, 1.165) is 0 Å². The first-order valence-electron chi connectivity index (χ1n) is 3.26. The molecule has 0 atom stereocenters. The van der Waals surface area contributed by atoms with Crippen molar-refractivity contribution in [2.24, 2.45) is 12.2 Å². The number of hydrogen-bond acceptors (Lipinski definition) is 5. The van der Waals surface area contributed by atoms with E-state index in [-0.39, 0.29) is 0 Å². The first-order valence-corrected chi connectivity index (χ1v) is 3.26. The molecule has 0 aliphatic rings. The number of nitrogens with zero attached hydrogens (tertiary/aromatic N) is 4. The average molecular weight is 168 g/mol. The monoisotopic (exact) mass is 168 g/mol. The van der Waals surface area contributed by atoms with Crippen molar-refractivity contribution < 1.29 is 9.63 Å². The Morgan fingerprint density at radius 2 is 2.58 bits per heavy atom. The summed E-state index contributed by atoms with van der Waals surface area (Å²) >= 11 is 0. The van der Waals surface area contributed by atoms with Gasteiger partial charge in [-0.3, -0.25) is 4.68 Å². The minimum Gasteiger partial charge on any atom is -0.319 e. The Morgan fingerprint density at radius 1 is 1.83 bits per heavy atom. The van der Waals surface area contributed by atoms with Crippen molar-refractivity contribution in [3.8, 4) is 0 Å². The molecule has 6 nitrogen and oxygen atoms in total. The largest absolute Gasteiger partial charge is 0.331 e. The second-order valence-corrected chi connectivity index (χ2v) is 2.13. The van der Waals surface area contributed by atoms with Crippen molar-refractivity contribution in [1.29, 1.82) is 0 Å². The number of hydrogen-bond donors (Lipinski definition) is 0. The van der Waals surface area contributed by atoms with E-state index in [1.54, 1.807) is 13.2 Å². The van der Waals surface area contributed by atoms with Gasteiger partial charge in [-0.2, -0.15) is 0 Å². The highest BCUT2D eigenvalue weighted by molar-refractivity contribution is 5.76. The first kappa shape index (κ1) is 8.38. The van der Waals surface area contributed by atoms with Gasteiger partial charge in [0.05, 0.1) is 12.4 Å². The fourth-order valence-electron chi connectivity index (χ4n) is 0.579. The first-order chi connectivity index (χ1) is 5.68. The van der Waals surface area contributed by atoms with Crippen LogP contribution in [0.2, 0.25) is 0 Å². The van der Waals surface area contributed by atoms with Crippen LogP contribution in [0.5, 0.6) is 0 Å². The van der Waals surface area contributed by atoms with Crippen molar-refractivity contribution >= 4 is 12.2 Å². The summed E-state index contributed by atoms with van der Waals surface area (Å²) in [6, 6.07) is 0. The predicted octanol–water partition coefficient (Wildman–Crippen LogP) is -0.288. The van der Waals surface area contributed by atoms with Crippen LogP contribution in [0.1, 0.15) is 12.6 Å². The standard InChI is InChI=1S/C6H8N4O2/c1-5(11)12-7-3-6-4-10(2)9-8-6/h3-4H,1-2H3. The van der Waals surface area contributed by atoms with Gasteiger partial charge in [0, 0.05) is 14.0 Å².